The van der Waals surface area contributed by atoms with Gasteiger partial charge in [-0.05, 0) is 32.1 Å². The first-order valence-corrected chi connectivity index (χ1v) is 8.67. The minimum atomic E-state index is -0.810. The molecule has 1 heterocycles. The Morgan fingerprint density at radius 1 is 1.29 bits per heavy atom. The third kappa shape index (κ3) is 3.02. The van der Waals surface area contributed by atoms with E-state index in [0.717, 1.165) is 23.9 Å². The van der Waals surface area contributed by atoms with Crippen LogP contribution >= 0.6 is 11.8 Å². The van der Waals surface area contributed by atoms with Crippen LogP contribution in [0.5, 0.6) is 0 Å². The van der Waals surface area contributed by atoms with Crippen molar-refractivity contribution in [3.8, 4) is 0 Å². The highest BCUT2D eigenvalue weighted by molar-refractivity contribution is 7.99. The summed E-state index contributed by atoms with van der Waals surface area (Å²) >= 11 is 1.28. The van der Waals surface area contributed by atoms with Gasteiger partial charge >= 0.3 is 5.97 Å². The minimum Gasteiger partial charge on any atom is -0.481 e. The molecule has 0 atom stereocenters. The van der Waals surface area contributed by atoms with Crippen LogP contribution in [0.2, 0.25) is 0 Å². The van der Waals surface area contributed by atoms with Crippen LogP contribution in [0.3, 0.4) is 0 Å². The molecule has 2 saturated carbocycles. The highest BCUT2D eigenvalue weighted by atomic mass is 32.2. The van der Waals surface area contributed by atoms with E-state index in [2.05, 4.69) is 26.7 Å². The predicted molar refractivity (Wildman–Crippen MR) is 81.9 cm³/mol. The second kappa shape index (κ2) is 6.25. The smallest absolute Gasteiger partial charge is 0.313 e. The summed E-state index contributed by atoms with van der Waals surface area (Å²) in [6.07, 6.45) is 8.47. The number of anilines is 1. The molecule has 0 spiro atoms. The molecule has 116 valence electrons. The predicted octanol–water partition coefficient (Wildman–Crippen LogP) is 2.56. The van der Waals surface area contributed by atoms with Crippen molar-refractivity contribution in [1.82, 2.24) is 14.8 Å². The standard InChI is InChI=1S/C14H22N4O2S/c1-17(10-7-4-8-10)13-15-16-14(21-9-12(19)20)18(13)11-5-2-3-6-11/h10-11H,2-9H2,1H3,(H,19,20). The van der Waals surface area contributed by atoms with E-state index in [0.29, 0.717) is 12.1 Å². The molecule has 0 aromatic carbocycles. The van der Waals surface area contributed by atoms with E-state index in [4.69, 9.17) is 5.11 Å². The number of carboxylic acid groups (broad SMARTS) is 1. The largest absolute Gasteiger partial charge is 0.481 e. The second-order valence-electron chi connectivity index (χ2n) is 5.97. The third-order valence-electron chi connectivity index (χ3n) is 4.60. The molecular formula is C14H22N4O2S. The molecule has 1 aromatic heterocycles. The van der Waals surface area contributed by atoms with Gasteiger partial charge in [0.1, 0.15) is 0 Å². The summed E-state index contributed by atoms with van der Waals surface area (Å²) < 4.78 is 2.19. The number of carboxylic acids is 1. The monoisotopic (exact) mass is 310 g/mol. The normalized spacial score (nSPS) is 19.7. The van der Waals surface area contributed by atoms with Gasteiger partial charge in [0.15, 0.2) is 5.16 Å². The lowest BCUT2D eigenvalue weighted by atomic mass is 9.92. The number of carbonyl (C=O) groups is 1. The van der Waals surface area contributed by atoms with Crippen LogP contribution in [0, 0.1) is 0 Å². The van der Waals surface area contributed by atoms with Gasteiger partial charge in [-0.2, -0.15) is 0 Å². The maximum atomic E-state index is 10.8. The van der Waals surface area contributed by atoms with E-state index >= 15 is 0 Å². The van der Waals surface area contributed by atoms with Gasteiger partial charge in [-0.3, -0.25) is 9.36 Å². The summed E-state index contributed by atoms with van der Waals surface area (Å²) in [7, 11) is 2.09. The van der Waals surface area contributed by atoms with E-state index in [1.165, 1.54) is 43.9 Å². The molecule has 0 aliphatic heterocycles. The maximum absolute atomic E-state index is 10.8. The van der Waals surface area contributed by atoms with Crippen molar-refractivity contribution in [2.45, 2.75) is 62.2 Å². The van der Waals surface area contributed by atoms with Crippen molar-refractivity contribution in [3.05, 3.63) is 0 Å². The first-order chi connectivity index (χ1) is 10.2. The van der Waals surface area contributed by atoms with Gasteiger partial charge in [0, 0.05) is 19.1 Å². The zero-order chi connectivity index (χ0) is 14.8. The fourth-order valence-electron chi connectivity index (χ4n) is 3.15. The Morgan fingerprint density at radius 2 is 2.00 bits per heavy atom. The first-order valence-electron chi connectivity index (χ1n) is 7.69. The molecule has 0 radical (unpaired) electrons. The van der Waals surface area contributed by atoms with Crippen LogP contribution in [0.4, 0.5) is 5.95 Å². The molecular weight excluding hydrogens is 288 g/mol. The van der Waals surface area contributed by atoms with Gasteiger partial charge in [0.05, 0.1) is 5.75 Å². The lowest BCUT2D eigenvalue weighted by molar-refractivity contribution is -0.133. The SMILES string of the molecule is CN(c1nnc(SCC(=O)O)n1C1CCCC1)C1CCC1. The summed E-state index contributed by atoms with van der Waals surface area (Å²) in [5, 5.41) is 18.3. The molecule has 3 rings (SSSR count). The second-order valence-corrected chi connectivity index (χ2v) is 6.91. The molecule has 2 aliphatic rings. The Bertz CT molecular complexity index is 509. The van der Waals surface area contributed by atoms with Crippen molar-refractivity contribution < 1.29 is 9.90 Å². The average Bonchev–Trinajstić information content (AvgIpc) is 3.02. The summed E-state index contributed by atoms with van der Waals surface area (Å²) in [6, 6.07) is 0.987. The molecule has 2 aliphatic carbocycles. The highest BCUT2D eigenvalue weighted by Gasteiger charge is 2.30. The number of hydrogen-bond acceptors (Lipinski definition) is 5. The Balaban J connectivity index is 1.85. The molecule has 6 nitrogen and oxygen atoms in total. The van der Waals surface area contributed by atoms with E-state index in [1.54, 1.807) is 0 Å². The number of nitrogens with zero attached hydrogens (tertiary/aromatic N) is 4. The molecule has 2 fully saturated rings. The van der Waals surface area contributed by atoms with Gasteiger partial charge in [-0.1, -0.05) is 24.6 Å². The summed E-state index contributed by atoms with van der Waals surface area (Å²) in [6.45, 7) is 0. The molecule has 0 saturated heterocycles. The Hall–Kier alpha value is -1.24. The summed E-state index contributed by atoms with van der Waals surface area (Å²) in [4.78, 5) is 13.1. The maximum Gasteiger partial charge on any atom is 0.313 e. The number of rotatable bonds is 6. The van der Waals surface area contributed by atoms with Crippen LogP contribution in [-0.4, -0.2) is 44.7 Å². The van der Waals surface area contributed by atoms with Gasteiger partial charge in [-0.25, -0.2) is 0 Å². The third-order valence-corrected chi connectivity index (χ3v) is 5.53. The number of aromatic nitrogens is 3. The lowest BCUT2D eigenvalue weighted by Crippen LogP contribution is -2.39. The van der Waals surface area contributed by atoms with Crippen LogP contribution < -0.4 is 4.90 Å². The van der Waals surface area contributed by atoms with E-state index < -0.39 is 5.97 Å². The quantitative estimate of drug-likeness (QED) is 0.814. The van der Waals surface area contributed by atoms with Crippen LogP contribution in [-0.2, 0) is 4.79 Å². The Kier molecular flexibility index (Phi) is 4.37. The highest BCUT2D eigenvalue weighted by Crippen LogP contribution is 2.37. The zero-order valence-corrected chi connectivity index (χ0v) is 13.2. The van der Waals surface area contributed by atoms with Crippen molar-refractivity contribution >= 4 is 23.7 Å². The number of hydrogen-bond donors (Lipinski definition) is 1. The number of thioether (sulfide) groups is 1. The molecule has 21 heavy (non-hydrogen) atoms. The molecule has 1 aromatic rings. The Morgan fingerprint density at radius 3 is 2.57 bits per heavy atom. The first kappa shape index (κ1) is 14.7. The van der Waals surface area contributed by atoms with Crippen LogP contribution in [0.1, 0.15) is 51.0 Å². The molecule has 7 heteroatoms. The fourth-order valence-corrected chi connectivity index (χ4v) is 3.87. The zero-order valence-electron chi connectivity index (χ0n) is 12.4. The summed E-state index contributed by atoms with van der Waals surface area (Å²) in [5.41, 5.74) is 0. The van der Waals surface area contributed by atoms with Gasteiger partial charge in [0.2, 0.25) is 5.95 Å². The van der Waals surface area contributed by atoms with Gasteiger partial charge in [0.25, 0.3) is 0 Å². The van der Waals surface area contributed by atoms with E-state index in [1.807, 2.05) is 0 Å². The van der Waals surface area contributed by atoms with Crippen molar-refractivity contribution in [3.63, 3.8) is 0 Å². The molecule has 0 unspecified atom stereocenters. The van der Waals surface area contributed by atoms with E-state index in [9.17, 15) is 4.79 Å². The minimum absolute atomic E-state index is 0.0397. The molecule has 1 N–H and O–H groups in total. The van der Waals surface area contributed by atoms with Crippen molar-refractivity contribution in [2.75, 3.05) is 17.7 Å². The van der Waals surface area contributed by atoms with Crippen molar-refractivity contribution in [2.24, 2.45) is 0 Å². The summed E-state index contributed by atoms with van der Waals surface area (Å²) in [5.74, 6) is 0.146. The fraction of sp³-hybridized carbons (Fsp3) is 0.786. The lowest BCUT2D eigenvalue weighted by Gasteiger charge is -2.36. The van der Waals surface area contributed by atoms with E-state index in [-0.39, 0.29) is 5.75 Å². The average molecular weight is 310 g/mol. The van der Waals surface area contributed by atoms with Gasteiger partial charge in [-0.15, -0.1) is 10.2 Å². The molecule has 0 bridgehead atoms. The van der Waals surface area contributed by atoms with Crippen LogP contribution in [0.25, 0.3) is 0 Å². The Labute approximate surface area is 128 Å². The van der Waals surface area contributed by atoms with Gasteiger partial charge < -0.3 is 10.0 Å². The topological polar surface area (TPSA) is 71.2 Å². The van der Waals surface area contributed by atoms with Crippen molar-refractivity contribution in [1.29, 1.82) is 0 Å². The van der Waals surface area contributed by atoms with Crippen LogP contribution in [0.15, 0.2) is 5.16 Å². The number of aliphatic carboxylic acids is 1. The molecule has 0 amide bonds.